The molecule has 0 aliphatic carbocycles. The summed E-state index contributed by atoms with van der Waals surface area (Å²) in [6.07, 6.45) is 9.21. The molecule has 96 valence electrons. The lowest BCUT2D eigenvalue weighted by molar-refractivity contribution is 1.29. The number of halogens is 1. The quantitative estimate of drug-likeness (QED) is 0.477. The molecule has 0 saturated carbocycles. The van der Waals surface area contributed by atoms with E-state index in [0.29, 0.717) is 0 Å². The van der Waals surface area contributed by atoms with Gasteiger partial charge in [-0.05, 0) is 24.3 Å². The minimum atomic E-state index is 0.930. The summed E-state index contributed by atoms with van der Waals surface area (Å²) in [6.45, 7) is 0. The highest BCUT2D eigenvalue weighted by Crippen LogP contribution is 2.31. The molecule has 0 aromatic carbocycles. The van der Waals surface area contributed by atoms with Crippen LogP contribution in [0.15, 0.2) is 55.2 Å². The van der Waals surface area contributed by atoms with Crippen LogP contribution in [0.5, 0.6) is 0 Å². The Morgan fingerprint density at radius 2 is 1.75 bits per heavy atom. The van der Waals surface area contributed by atoms with Crippen LogP contribution in [0.2, 0.25) is 0 Å². The molecule has 4 aromatic rings. The number of hydrogen-bond acceptors (Lipinski definition) is 3. The van der Waals surface area contributed by atoms with Crippen molar-refractivity contribution >= 4 is 44.7 Å². The minimum absolute atomic E-state index is 0.930. The van der Waals surface area contributed by atoms with Crippen molar-refractivity contribution in [1.29, 1.82) is 0 Å². The smallest absolute Gasteiger partial charge is 0.0738 e. The lowest BCUT2D eigenvalue weighted by Crippen LogP contribution is -1.85. The number of rotatable bonds is 1. The van der Waals surface area contributed by atoms with Crippen LogP contribution in [0.3, 0.4) is 0 Å². The first kappa shape index (κ1) is 11.8. The first-order valence-electron chi connectivity index (χ1n) is 6.15. The van der Waals surface area contributed by atoms with Gasteiger partial charge in [0.15, 0.2) is 0 Å². The molecule has 4 heterocycles. The van der Waals surface area contributed by atoms with Crippen LogP contribution in [0.1, 0.15) is 0 Å². The first-order chi connectivity index (χ1) is 9.84. The molecule has 5 heteroatoms. The zero-order valence-electron chi connectivity index (χ0n) is 10.4. The van der Waals surface area contributed by atoms with Gasteiger partial charge in [-0.25, -0.2) is 0 Å². The molecule has 0 aliphatic rings. The van der Waals surface area contributed by atoms with Crippen LogP contribution in [-0.2, 0) is 0 Å². The summed E-state index contributed by atoms with van der Waals surface area (Å²) in [7, 11) is 0. The Bertz CT molecular complexity index is 915. The van der Waals surface area contributed by atoms with Crippen molar-refractivity contribution in [3.63, 3.8) is 0 Å². The normalized spacial score (nSPS) is 11.2. The Labute approximate surface area is 129 Å². The maximum absolute atomic E-state index is 4.56. The Morgan fingerprint density at radius 1 is 0.900 bits per heavy atom. The predicted molar refractivity (Wildman–Crippen MR) is 87.7 cm³/mol. The van der Waals surface area contributed by atoms with Crippen molar-refractivity contribution in [2.75, 3.05) is 0 Å². The van der Waals surface area contributed by atoms with Gasteiger partial charge in [0, 0.05) is 47.3 Å². The molecule has 4 rings (SSSR count). The zero-order valence-corrected chi connectivity index (χ0v) is 12.5. The van der Waals surface area contributed by atoms with Crippen LogP contribution < -0.4 is 0 Å². The van der Waals surface area contributed by atoms with Gasteiger partial charge in [0.25, 0.3) is 0 Å². The Balaban J connectivity index is 2.05. The molecule has 4 nitrogen and oxygen atoms in total. The largest absolute Gasteiger partial charge is 0.282 e. The van der Waals surface area contributed by atoms with Gasteiger partial charge in [0.2, 0.25) is 0 Å². The number of aromatic nitrogens is 4. The monoisotopic (exact) mass is 372 g/mol. The SMILES string of the molecule is In1c2ccncc2c2cnc(-c3cccnc3)cc21. The van der Waals surface area contributed by atoms with Crippen LogP contribution in [0.4, 0.5) is 0 Å². The molecule has 0 spiro atoms. The second kappa shape index (κ2) is 4.52. The van der Waals surface area contributed by atoms with E-state index >= 15 is 0 Å². The third-order valence-corrected chi connectivity index (χ3v) is 4.39. The number of nitrogens with zero attached hydrogens (tertiary/aromatic N) is 4. The van der Waals surface area contributed by atoms with Gasteiger partial charge >= 0.3 is 0 Å². The summed E-state index contributed by atoms with van der Waals surface area (Å²) in [5, 5.41) is 2.25. The first-order valence-corrected chi connectivity index (χ1v) is 7.12. The Morgan fingerprint density at radius 3 is 2.60 bits per heavy atom. The summed E-state index contributed by atoms with van der Waals surface area (Å²) < 4.78 is 2.14. The number of hydrogen-bond donors (Lipinski definition) is 0. The van der Waals surface area contributed by atoms with Crippen molar-refractivity contribution in [2.24, 2.45) is 0 Å². The molecule has 4 aromatic heterocycles. The molecule has 0 atom stereocenters. The lowest BCUT2D eigenvalue weighted by atomic mass is 10.1. The highest BCUT2D eigenvalue weighted by atomic mass is 127. The maximum atomic E-state index is 4.56. The van der Waals surface area contributed by atoms with Crippen LogP contribution in [-0.4, -0.2) is 17.7 Å². The summed E-state index contributed by atoms with van der Waals surface area (Å²) >= 11 is 2.31. The van der Waals surface area contributed by atoms with Gasteiger partial charge in [-0.3, -0.25) is 17.7 Å². The summed E-state index contributed by atoms with van der Waals surface area (Å²) in [6, 6.07) is 8.05. The average molecular weight is 372 g/mol. The van der Waals surface area contributed by atoms with E-state index < -0.39 is 0 Å². The fourth-order valence-corrected chi connectivity index (χ4v) is 3.20. The van der Waals surface area contributed by atoms with E-state index in [-0.39, 0.29) is 0 Å². The van der Waals surface area contributed by atoms with E-state index in [1.165, 1.54) is 0 Å². The maximum Gasteiger partial charge on any atom is 0.0738 e. The fourth-order valence-electron chi connectivity index (χ4n) is 2.38. The van der Waals surface area contributed by atoms with Gasteiger partial charge in [0.1, 0.15) is 0 Å². The molecular weight excluding hydrogens is 363 g/mol. The van der Waals surface area contributed by atoms with E-state index in [0.717, 1.165) is 33.1 Å². The van der Waals surface area contributed by atoms with Gasteiger partial charge < -0.3 is 0 Å². The van der Waals surface area contributed by atoms with Gasteiger partial charge in [-0.15, -0.1) is 0 Å². The highest BCUT2D eigenvalue weighted by molar-refractivity contribution is 14.1. The van der Waals surface area contributed by atoms with E-state index in [1.807, 2.05) is 43.0 Å². The molecule has 0 unspecified atom stereocenters. The average Bonchev–Trinajstić information content (AvgIpc) is 2.81. The van der Waals surface area contributed by atoms with E-state index in [9.17, 15) is 0 Å². The molecule has 0 radical (unpaired) electrons. The summed E-state index contributed by atoms with van der Waals surface area (Å²) in [4.78, 5) is 12.9. The second-order valence-electron chi connectivity index (χ2n) is 4.50. The van der Waals surface area contributed by atoms with Crippen molar-refractivity contribution in [3.8, 4) is 11.3 Å². The van der Waals surface area contributed by atoms with Crippen LogP contribution >= 0.6 is 22.9 Å². The topological polar surface area (TPSA) is 43.6 Å². The lowest BCUT2D eigenvalue weighted by Gasteiger charge is -2.01. The molecule has 0 saturated heterocycles. The van der Waals surface area contributed by atoms with E-state index in [1.54, 1.807) is 6.20 Å². The van der Waals surface area contributed by atoms with Crippen molar-refractivity contribution in [3.05, 3.63) is 55.2 Å². The summed E-state index contributed by atoms with van der Waals surface area (Å²) in [5.74, 6) is 0. The van der Waals surface area contributed by atoms with Gasteiger partial charge in [-0.1, -0.05) is 0 Å². The Kier molecular flexibility index (Phi) is 2.66. The van der Waals surface area contributed by atoms with Crippen molar-refractivity contribution in [2.45, 2.75) is 0 Å². The molecular formula is C15H9IN4. The second-order valence-corrected chi connectivity index (χ2v) is 5.47. The third-order valence-electron chi connectivity index (χ3n) is 3.35. The van der Waals surface area contributed by atoms with Gasteiger partial charge in [-0.2, -0.15) is 0 Å². The molecule has 0 aliphatic heterocycles. The van der Waals surface area contributed by atoms with E-state index in [4.69, 9.17) is 0 Å². The fraction of sp³-hybridized carbons (Fsp3) is 0. The van der Waals surface area contributed by atoms with Crippen molar-refractivity contribution < 1.29 is 0 Å². The molecule has 0 fully saturated rings. The molecule has 0 amide bonds. The molecule has 0 bridgehead atoms. The summed E-state index contributed by atoms with van der Waals surface area (Å²) in [5.41, 5.74) is 4.25. The van der Waals surface area contributed by atoms with Crippen LogP contribution in [0, 0.1) is 0 Å². The highest BCUT2D eigenvalue weighted by Gasteiger charge is 2.11. The molecule has 0 N–H and O–H groups in total. The standard InChI is InChI=1S/C15H9IN4/c16-20-14-3-5-18-8-11(14)12-9-19-13(6-15(12)20)10-2-1-4-17-7-10/h1-9H. The Hall–Kier alpha value is -2.02. The zero-order chi connectivity index (χ0) is 13.5. The molecule has 20 heavy (non-hydrogen) atoms. The predicted octanol–water partition coefficient (Wildman–Crippen LogP) is 3.84. The number of fused-ring (bicyclic) bond motifs is 3. The third kappa shape index (κ3) is 1.70. The van der Waals surface area contributed by atoms with E-state index in [2.05, 4.69) is 46.7 Å². The van der Waals surface area contributed by atoms with Crippen molar-refractivity contribution in [1.82, 2.24) is 17.7 Å². The van der Waals surface area contributed by atoms with Gasteiger partial charge in [0.05, 0.1) is 39.6 Å². The minimum Gasteiger partial charge on any atom is -0.282 e. The number of pyridine rings is 3. The van der Waals surface area contributed by atoms with Crippen LogP contribution in [0.25, 0.3) is 33.1 Å².